The normalized spacial score (nSPS) is 12.5. The van der Waals surface area contributed by atoms with E-state index in [0.717, 1.165) is 75.7 Å². The van der Waals surface area contributed by atoms with Gasteiger partial charge < -0.3 is 17.7 Å². The van der Waals surface area contributed by atoms with Crippen LogP contribution in [0.15, 0.2) is 0 Å². The second-order valence-electron chi connectivity index (χ2n) is 9.06. The summed E-state index contributed by atoms with van der Waals surface area (Å²) >= 11 is 0. The van der Waals surface area contributed by atoms with Gasteiger partial charge in [0.1, 0.15) is 0 Å². The SMILES string of the molecule is CCCCO[Si](C)(CCCSSSSCCC[Si](C)(OCCCC)OCCCC)OCCCC. The summed E-state index contributed by atoms with van der Waals surface area (Å²) in [5.74, 6) is 2.33. The predicted octanol–water partition coefficient (Wildman–Crippen LogP) is 9.86. The summed E-state index contributed by atoms with van der Waals surface area (Å²) in [7, 11) is 3.76. The van der Waals surface area contributed by atoms with Crippen LogP contribution in [0.25, 0.3) is 0 Å². The van der Waals surface area contributed by atoms with Crippen LogP contribution in [-0.4, -0.2) is 55.1 Å². The van der Waals surface area contributed by atoms with Gasteiger partial charge in [-0.2, -0.15) is 0 Å². The minimum absolute atomic E-state index is 0.856. The minimum Gasteiger partial charge on any atom is -0.394 e. The molecule has 4 nitrogen and oxygen atoms in total. The van der Waals surface area contributed by atoms with Crippen LogP contribution >= 0.6 is 41.2 Å². The van der Waals surface area contributed by atoms with E-state index in [1.165, 1.54) is 38.5 Å². The Bertz CT molecular complexity index is 382. The molecule has 0 aromatic rings. The van der Waals surface area contributed by atoms with Gasteiger partial charge in [-0.3, -0.25) is 0 Å². The Morgan fingerprint density at radius 1 is 0.471 bits per heavy atom. The maximum atomic E-state index is 6.25. The lowest BCUT2D eigenvalue weighted by Gasteiger charge is -2.27. The third-order valence-electron chi connectivity index (χ3n) is 5.46. The molecule has 0 aromatic heterocycles. The molecule has 0 aliphatic carbocycles. The van der Waals surface area contributed by atoms with Gasteiger partial charge in [-0.25, -0.2) is 0 Å². The summed E-state index contributed by atoms with van der Waals surface area (Å²) in [6, 6.07) is 2.20. The summed E-state index contributed by atoms with van der Waals surface area (Å²) in [5, 5.41) is 0. The minimum atomic E-state index is -2.01. The van der Waals surface area contributed by atoms with Crippen molar-refractivity contribution in [1.29, 1.82) is 0 Å². The lowest BCUT2D eigenvalue weighted by molar-refractivity contribution is 0.168. The molecule has 0 saturated carbocycles. The van der Waals surface area contributed by atoms with E-state index in [-0.39, 0.29) is 0 Å². The van der Waals surface area contributed by atoms with Gasteiger partial charge >= 0.3 is 17.1 Å². The van der Waals surface area contributed by atoms with E-state index in [0.29, 0.717) is 0 Å². The van der Waals surface area contributed by atoms with E-state index in [4.69, 9.17) is 17.7 Å². The molecular formula is C24H54O4S4Si2. The van der Waals surface area contributed by atoms with Crippen LogP contribution in [0.2, 0.25) is 25.2 Å². The van der Waals surface area contributed by atoms with Crippen LogP contribution in [0, 0.1) is 0 Å². The third-order valence-corrected chi connectivity index (χ3v) is 17.9. The van der Waals surface area contributed by atoms with Crippen molar-refractivity contribution in [2.24, 2.45) is 0 Å². The molecule has 34 heavy (non-hydrogen) atoms. The predicted molar refractivity (Wildman–Crippen MR) is 166 cm³/mol. The Morgan fingerprint density at radius 3 is 1.03 bits per heavy atom. The van der Waals surface area contributed by atoms with E-state index in [1.807, 2.05) is 41.2 Å². The van der Waals surface area contributed by atoms with Gasteiger partial charge in [0.25, 0.3) is 0 Å². The molecule has 0 spiro atoms. The molecule has 0 aliphatic heterocycles. The summed E-state index contributed by atoms with van der Waals surface area (Å²) in [5.41, 5.74) is 0. The molecule has 0 radical (unpaired) electrons. The van der Waals surface area contributed by atoms with Crippen molar-refractivity contribution in [3.63, 3.8) is 0 Å². The average molecular weight is 591 g/mol. The van der Waals surface area contributed by atoms with Gasteiger partial charge in [-0.1, -0.05) is 75.0 Å². The molecule has 0 atom stereocenters. The lowest BCUT2D eigenvalue weighted by Crippen LogP contribution is -2.39. The highest BCUT2D eigenvalue weighted by Crippen LogP contribution is 2.44. The monoisotopic (exact) mass is 590 g/mol. The average Bonchev–Trinajstić information content (AvgIpc) is 2.81. The molecule has 0 bridgehead atoms. The van der Waals surface area contributed by atoms with Crippen LogP contribution in [0.4, 0.5) is 0 Å². The van der Waals surface area contributed by atoms with Crippen LogP contribution in [0.1, 0.15) is 91.9 Å². The largest absolute Gasteiger partial charge is 0.394 e. The highest BCUT2D eigenvalue weighted by atomic mass is 33.7. The summed E-state index contributed by atoms with van der Waals surface area (Å²) < 4.78 is 25.0. The highest BCUT2D eigenvalue weighted by Gasteiger charge is 2.31. The van der Waals surface area contributed by atoms with E-state index in [9.17, 15) is 0 Å². The Morgan fingerprint density at radius 2 is 0.765 bits per heavy atom. The van der Waals surface area contributed by atoms with Crippen LogP contribution in [-0.2, 0) is 17.7 Å². The molecular weight excluding hydrogens is 537 g/mol. The molecule has 0 saturated heterocycles. The molecule has 0 N–H and O–H groups in total. The second kappa shape index (κ2) is 25.0. The fourth-order valence-electron chi connectivity index (χ4n) is 3.11. The fourth-order valence-corrected chi connectivity index (χ4v) is 14.5. The molecule has 0 heterocycles. The van der Waals surface area contributed by atoms with Crippen molar-refractivity contribution in [2.75, 3.05) is 37.9 Å². The number of hydrogen-bond acceptors (Lipinski definition) is 8. The summed E-state index contributed by atoms with van der Waals surface area (Å²) in [4.78, 5) is 0. The second-order valence-corrected chi connectivity index (χ2v) is 22.0. The van der Waals surface area contributed by atoms with Crippen molar-refractivity contribution < 1.29 is 17.7 Å². The Kier molecular flexibility index (Phi) is 26.2. The molecule has 0 unspecified atom stereocenters. The molecule has 10 heteroatoms. The molecule has 0 fully saturated rings. The van der Waals surface area contributed by atoms with E-state index < -0.39 is 17.1 Å². The lowest BCUT2D eigenvalue weighted by atomic mass is 10.4. The van der Waals surface area contributed by atoms with E-state index in [1.54, 1.807) is 0 Å². The van der Waals surface area contributed by atoms with Crippen LogP contribution in [0.5, 0.6) is 0 Å². The van der Waals surface area contributed by atoms with Crippen molar-refractivity contribution in [3.05, 3.63) is 0 Å². The fraction of sp³-hybridized carbons (Fsp3) is 1.00. The smallest absolute Gasteiger partial charge is 0.334 e. The summed E-state index contributed by atoms with van der Waals surface area (Å²) in [6.07, 6.45) is 11.6. The molecule has 0 amide bonds. The summed E-state index contributed by atoms with van der Waals surface area (Å²) in [6.45, 7) is 16.8. The standard InChI is InChI=1S/C24H54O4S4Si2/c1-7-11-17-25-33(5,26-18-12-8-2)23-15-21-29-31-32-30-22-16-24-34(6,27-19-13-9-3)28-20-14-10-4/h7-24H2,1-6H3. The van der Waals surface area contributed by atoms with Gasteiger partial charge in [0.15, 0.2) is 0 Å². The van der Waals surface area contributed by atoms with E-state index >= 15 is 0 Å². The van der Waals surface area contributed by atoms with Crippen molar-refractivity contribution in [3.8, 4) is 0 Å². The van der Waals surface area contributed by atoms with Crippen molar-refractivity contribution >= 4 is 58.4 Å². The first-order valence-electron chi connectivity index (χ1n) is 13.6. The number of rotatable bonds is 27. The topological polar surface area (TPSA) is 36.9 Å². The van der Waals surface area contributed by atoms with Crippen molar-refractivity contribution in [1.82, 2.24) is 0 Å². The first-order chi connectivity index (χ1) is 16.4. The van der Waals surface area contributed by atoms with Gasteiger partial charge in [0.05, 0.1) is 0 Å². The zero-order valence-electron chi connectivity index (χ0n) is 23.0. The van der Waals surface area contributed by atoms with Gasteiger partial charge in [0.2, 0.25) is 0 Å². The van der Waals surface area contributed by atoms with Crippen LogP contribution in [0.3, 0.4) is 0 Å². The first-order valence-corrected chi connectivity index (χ1v) is 23.8. The third kappa shape index (κ3) is 21.7. The van der Waals surface area contributed by atoms with Gasteiger partial charge in [-0.05, 0) is 83.4 Å². The highest BCUT2D eigenvalue weighted by molar-refractivity contribution is 9.26. The molecule has 0 rings (SSSR count). The van der Waals surface area contributed by atoms with Gasteiger partial charge in [0, 0.05) is 37.9 Å². The molecule has 0 aromatic carbocycles. The van der Waals surface area contributed by atoms with Crippen LogP contribution < -0.4 is 0 Å². The zero-order valence-corrected chi connectivity index (χ0v) is 28.3. The maximum absolute atomic E-state index is 6.25. The Balaban J connectivity index is 3.97. The maximum Gasteiger partial charge on any atom is 0.334 e. The number of unbranched alkanes of at least 4 members (excludes halogenated alkanes) is 4. The molecule has 206 valence electrons. The Hall–Kier alpha value is 1.67. The van der Waals surface area contributed by atoms with Gasteiger partial charge in [-0.15, -0.1) is 0 Å². The quantitative estimate of drug-likeness (QED) is 0.0531. The van der Waals surface area contributed by atoms with E-state index in [2.05, 4.69) is 40.8 Å². The number of hydrogen-bond donors (Lipinski definition) is 0. The first kappa shape index (κ1) is 35.7. The van der Waals surface area contributed by atoms with Crippen molar-refractivity contribution in [2.45, 2.75) is 117 Å². The molecule has 0 aliphatic rings. The Labute approximate surface area is 230 Å². The zero-order chi connectivity index (χ0) is 25.4.